The molecule has 2 unspecified atom stereocenters. The van der Waals surface area contributed by atoms with Crippen LogP contribution in [0.15, 0.2) is 11.8 Å². The van der Waals surface area contributed by atoms with Crippen molar-refractivity contribution >= 4 is 11.9 Å². The monoisotopic (exact) mass is 286 g/mol. The molecule has 1 heterocycles. The van der Waals surface area contributed by atoms with Gasteiger partial charge in [-0.2, -0.15) is 0 Å². The summed E-state index contributed by atoms with van der Waals surface area (Å²) in [6, 6.07) is 0. The molecule has 0 aromatic carbocycles. The predicted octanol–water partition coefficient (Wildman–Crippen LogP) is 1.31. The van der Waals surface area contributed by atoms with Crippen LogP contribution in [0.3, 0.4) is 0 Å². The van der Waals surface area contributed by atoms with Gasteiger partial charge in [-0.05, 0) is 20.8 Å². The number of hydrogen-bond donors (Lipinski definition) is 1. The lowest BCUT2D eigenvalue weighted by Gasteiger charge is -2.28. The number of esters is 2. The quantitative estimate of drug-likeness (QED) is 0.711. The first-order valence-corrected chi connectivity index (χ1v) is 6.63. The molecule has 0 spiro atoms. The van der Waals surface area contributed by atoms with Crippen LogP contribution in [0, 0.1) is 0 Å². The van der Waals surface area contributed by atoms with Gasteiger partial charge in [-0.25, -0.2) is 4.79 Å². The number of aliphatic hydroxyl groups excluding tert-OH is 1. The lowest BCUT2D eigenvalue weighted by atomic mass is 9.98. The van der Waals surface area contributed by atoms with E-state index in [1.54, 1.807) is 20.8 Å². The molecule has 0 amide bonds. The molecule has 0 aromatic rings. The maximum atomic E-state index is 11.4. The molecule has 1 aliphatic rings. The summed E-state index contributed by atoms with van der Waals surface area (Å²) in [4.78, 5) is 22.7. The standard InChI is InChI=1S/C14H22O6/c1-9(15)7-10(2)19-11-8-13(17)20-14(11,3)6-5-12(16)18-4/h8-10,15H,5-7H2,1-4H3/t9?,10?,14-/m0/s1. The number of aliphatic hydroxyl groups is 1. The lowest BCUT2D eigenvalue weighted by molar-refractivity contribution is -0.151. The summed E-state index contributed by atoms with van der Waals surface area (Å²) in [6.07, 6.45) is 1.40. The SMILES string of the molecule is COC(=O)CC[C@]1(C)OC(=O)C=C1OC(C)CC(C)O. The molecule has 114 valence electrons. The van der Waals surface area contributed by atoms with E-state index in [9.17, 15) is 14.7 Å². The van der Waals surface area contributed by atoms with Crippen LogP contribution in [0.5, 0.6) is 0 Å². The summed E-state index contributed by atoms with van der Waals surface area (Å²) in [7, 11) is 1.31. The molecule has 6 heteroatoms. The lowest BCUT2D eigenvalue weighted by Crippen LogP contribution is -2.32. The van der Waals surface area contributed by atoms with Crippen molar-refractivity contribution in [2.24, 2.45) is 0 Å². The first-order valence-electron chi connectivity index (χ1n) is 6.63. The van der Waals surface area contributed by atoms with Crippen LogP contribution >= 0.6 is 0 Å². The average molecular weight is 286 g/mol. The number of hydrogen-bond acceptors (Lipinski definition) is 6. The van der Waals surface area contributed by atoms with Crippen molar-refractivity contribution in [3.63, 3.8) is 0 Å². The van der Waals surface area contributed by atoms with E-state index >= 15 is 0 Å². The van der Waals surface area contributed by atoms with E-state index in [-0.39, 0.29) is 18.5 Å². The molecule has 0 aromatic heterocycles. The Labute approximate surface area is 118 Å². The third-order valence-corrected chi connectivity index (χ3v) is 3.13. The Morgan fingerprint density at radius 3 is 2.70 bits per heavy atom. The Bertz CT molecular complexity index is 400. The Morgan fingerprint density at radius 2 is 2.15 bits per heavy atom. The Balaban J connectivity index is 2.68. The number of rotatable bonds is 7. The van der Waals surface area contributed by atoms with Gasteiger partial charge in [0.05, 0.1) is 25.4 Å². The zero-order valence-corrected chi connectivity index (χ0v) is 12.3. The van der Waals surface area contributed by atoms with Gasteiger partial charge in [0.25, 0.3) is 0 Å². The van der Waals surface area contributed by atoms with E-state index in [1.165, 1.54) is 13.2 Å². The van der Waals surface area contributed by atoms with E-state index in [0.717, 1.165) is 0 Å². The van der Waals surface area contributed by atoms with Gasteiger partial charge in [0.15, 0.2) is 5.60 Å². The van der Waals surface area contributed by atoms with Crippen molar-refractivity contribution in [3.05, 3.63) is 11.8 Å². The van der Waals surface area contributed by atoms with Gasteiger partial charge in [0.1, 0.15) is 5.76 Å². The molecule has 6 nitrogen and oxygen atoms in total. The molecule has 0 fully saturated rings. The molecule has 1 rings (SSSR count). The number of carbonyl (C=O) groups excluding carboxylic acids is 2. The third kappa shape index (κ3) is 4.52. The molecule has 3 atom stereocenters. The summed E-state index contributed by atoms with van der Waals surface area (Å²) < 4.78 is 15.5. The minimum atomic E-state index is -0.960. The van der Waals surface area contributed by atoms with Crippen molar-refractivity contribution in [1.29, 1.82) is 0 Å². The molecule has 1 N–H and O–H groups in total. The van der Waals surface area contributed by atoms with Crippen LogP contribution in [0.2, 0.25) is 0 Å². The zero-order chi connectivity index (χ0) is 15.3. The number of carbonyl (C=O) groups is 2. The van der Waals surface area contributed by atoms with Gasteiger partial charge in [-0.3, -0.25) is 4.79 Å². The van der Waals surface area contributed by atoms with Crippen LogP contribution in [-0.4, -0.2) is 42.0 Å². The van der Waals surface area contributed by atoms with Gasteiger partial charge >= 0.3 is 11.9 Å². The van der Waals surface area contributed by atoms with Crippen molar-refractivity contribution in [2.75, 3.05) is 7.11 Å². The van der Waals surface area contributed by atoms with E-state index in [2.05, 4.69) is 4.74 Å². The van der Waals surface area contributed by atoms with Crippen molar-refractivity contribution in [3.8, 4) is 0 Å². The highest BCUT2D eigenvalue weighted by Crippen LogP contribution is 2.34. The molecule has 0 radical (unpaired) electrons. The van der Waals surface area contributed by atoms with Crippen LogP contribution < -0.4 is 0 Å². The van der Waals surface area contributed by atoms with Crippen molar-refractivity contribution < 1.29 is 28.9 Å². The fraction of sp³-hybridized carbons (Fsp3) is 0.714. The Morgan fingerprint density at radius 1 is 1.50 bits per heavy atom. The predicted molar refractivity (Wildman–Crippen MR) is 70.7 cm³/mol. The topological polar surface area (TPSA) is 82.1 Å². The number of methoxy groups -OCH3 is 1. The second kappa shape index (κ2) is 6.74. The van der Waals surface area contributed by atoms with Crippen molar-refractivity contribution in [2.45, 2.75) is 57.8 Å². The second-order valence-corrected chi connectivity index (χ2v) is 5.25. The number of cyclic esters (lactones) is 1. The van der Waals surface area contributed by atoms with Crippen LogP contribution in [0.25, 0.3) is 0 Å². The molecule has 20 heavy (non-hydrogen) atoms. The first kappa shape index (κ1) is 16.5. The summed E-state index contributed by atoms with van der Waals surface area (Å²) in [6.45, 7) is 5.17. The molecule has 0 aliphatic carbocycles. The molecular formula is C14H22O6. The van der Waals surface area contributed by atoms with Crippen LogP contribution in [-0.2, 0) is 23.8 Å². The Kier molecular flexibility index (Phi) is 5.56. The summed E-state index contributed by atoms with van der Waals surface area (Å²) >= 11 is 0. The van der Waals surface area contributed by atoms with Gasteiger partial charge in [0.2, 0.25) is 0 Å². The van der Waals surface area contributed by atoms with E-state index in [0.29, 0.717) is 18.6 Å². The minimum absolute atomic E-state index is 0.131. The minimum Gasteiger partial charge on any atom is -0.490 e. The maximum absolute atomic E-state index is 11.4. The molecule has 0 bridgehead atoms. The molecular weight excluding hydrogens is 264 g/mol. The zero-order valence-electron chi connectivity index (χ0n) is 12.3. The third-order valence-electron chi connectivity index (χ3n) is 3.13. The van der Waals surface area contributed by atoms with E-state index in [4.69, 9.17) is 9.47 Å². The highest BCUT2D eigenvalue weighted by atomic mass is 16.6. The van der Waals surface area contributed by atoms with E-state index in [1.807, 2.05) is 0 Å². The first-order chi connectivity index (χ1) is 9.26. The van der Waals surface area contributed by atoms with Gasteiger partial charge < -0.3 is 19.3 Å². The second-order valence-electron chi connectivity index (χ2n) is 5.25. The maximum Gasteiger partial charge on any atom is 0.335 e. The van der Waals surface area contributed by atoms with Crippen LogP contribution in [0.1, 0.15) is 40.0 Å². The summed E-state index contributed by atoms with van der Waals surface area (Å²) in [5.41, 5.74) is -0.960. The summed E-state index contributed by atoms with van der Waals surface area (Å²) in [5.74, 6) is -0.471. The molecule has 1 aliphatic heterocycles. The van der Waals surface area contributed by atoms with E-state index < -0.39 is 17.7 Å². The van der Waals surface area contributed by atoms with Crippen molar-refractivity contribution in [1.82, 2.24) is 0 Å². The summed E-state index contributed by atoms with van der Waals surface area (Å²) in [5, 5.41) is 9.33. The van der Waals surface area contributed by atoms with Gasteiger partial charge in [-0.1, -0.05) is 0 Å². The van der Waals surface area contributed by atoms with Gasteiger partial charge in [-0.15, -0.1) is 0 Å². The highest BCUT2D eigenvalue weighted by molar-refractivity contribution is 5.86. The Hall–Kier alpha value is -1.56. The van der Waals surface area contributed by atoms with Gasteiger partial charge in [0, 0.05) is 19.3 Å². The fourth-order valence-electron chi connectivity index (χ4n) is 2.08. The fourth-order valence-corrected chi connectivity index (χ4v) is 2.08. The van der Waals surface area contributed by atoms with Crippen LogP contribution in [0.4, 0.5) is 0 Å². The highest BCUT2D eigenvalue weighted by Gasteiger charge is 2.41. The molecule has 0 saturated heterocycles. The average Bonchev–Trinajstić information content (AvgIpc) is 2.60. The molecule has 0 saturated carbocycles. The smallest absolute Gasteiger partial charge is 0.335 e. The largest absolute Gasteiger partial charge is 0.490 e. The number of ether oxygens (including phenoxy) is 3. The normalized spacial score (nSPS) is 24.6.